The van der Waals surface area contributed by atoms with E-state index in [4.69, 9.17) is 4.74 Å². The molecule has 0 aliphatic rings. The number of nitrogens with one attached hydrogen (secondary N) is 2. The summed E-state index contributed by atoms with van der Waals surface area (Å²) < 4.78 is 6.27. The molecule has 0 saturated carbocycles. The van der Waals surface area contributed by atoms with Crippen LogP contribution in [-0.2, 0) is 0 Å². The third-order valence-electron chi connectivity index (χ3n) is 4.79. The summed E-state index contributed by atoms with van der Waals surface area (Å²) in [6, 6.07) is 24.9. The van der Waals surface area contributed by atoms with Crippen molar-refractivity contribution in [3.63, 3.8) is 0 Å². The highest BCUT2D eigenvalue weighted by Crippen LogP contribution is 2.17. The Balaban J connectivity index is 1.44. The Bertz CT molecular complexity index is 1330. The summed E-state index contributed by atoms with van der Waals surface area (Å²) in [5.74, 6) is -0.0634. The van der Waals surface area contributed by atoms with Gasteiger partial charge in [0.1, 0.15) is 11.4 Å². The third kappa shape index (κ3) is 5.13. The highest BCUT2D eigenvalue weighted by atomic mass is 16.5. The molecule has 0 spiro atoms. The second kappa shape index (κ2) is 9.61. The Morgan fingerprint density at radius 3 is 2.00 bits per heavy atom. The first-order valence-electron chi connectivity index (χ1n) is 10.1. The van der Waals surface area contributed by atoms with E-state index in [0.717, 1.165) is 0 Å². The minimum atomic E-state index is -0.477. The molecule has 2 N–H and O–H groups in total. The lowest BCUT2D eigenvalue weighted by Crippen LogP contribution is -2.24. The smallest absolute Gasteiger partial charge is 0.276 e. The van der Waals surface area contributed by atoms with Gasteiger partial charge in [-0.15, -0.1) is 0 Å². The molecule has 0 bridgehead atoms. The number of aromatic nitrogens is 2. The van der Waals surface area contributed by atoms with Gasteiger partial charge in [0.15, 0.2) is 0 Å². The van der Waals surface area contributed by atoms with Crippen LogP contribution in [0.1, 0.15) is 20.8 Å². The van der Waals surface area contributed by atoms with Gasteiger partial charge in [0.05, 0.1) is 12.8 Å². The number of carbonyl (C=O) groups excluding carboxylic acids is 2. The van der Waals surface area contributed by atoms with Crippen LogP contribution in [0.5, 0.6) is 5.75 Å². The van der Waals surface area contributed by atoms with E-state index < -0.39 is 5.91 Å². The Morgan fingerprint density at radius 2 is 1.36 bits per heavy atom. The third-order valence-corrected chi connectivity index (χ3v) is 4.79. The van der Waals surface area contributed by atoms with E-state index in [9.17, 15) is 14.4 Å². The largest absolute Gasteiger partial charge is 0.497 e. The van der Waals surface area contributed by atoms with Gasteiger partial charge in [0, 0.05) is 23.0 Å². The van der Waals surface area contributed by atoms with Crippen molar-refractivity contribution in [2.24, 2.45) is 0 Å². The van der Waals surface area contributed by atoms with Crippen LogP contribution in [0.4, 0.5) is 11.4 Å². The topological polar surface area (TPSA) is 102 Å². The van der Waals surface area contributed by atoms with E-state index in [1.54, 1.807) is 79.9 Å². The van der Waals surface area contributed by atoms with E-state index in [-0.39, 0.29) is 17.2 Å². The SMILES string of the molecule is COc1ccc(NC(=O)c2ccc(NC(=O)c3ccc(=O)n(-c4ccccc4)n3)cc2)cc1. The van der Waals surface area contributed by atoms with Crippen molar-refractivity contribution >= 4 is 23.2 Å². The second-order valence-electron chi connectivity index (χ2n) is 7.02. The fourth-order valence-electron chi connectivity index (χ4n) is 3.06. The van der Waals surface area contributed by atoms with Crippen LogP contribution >= 0.6 is 0 Å². The van der Waals surface area contributed by atoms with Gasteiger partial charge < -0.3 is 15.4 Å². The number of hydrogen-bond acceptors (Lipinski definition) is 5. The zero-order valence-electron chi connectivity index (χ0n) is 17.7. The molecule has 8 heteroatoms. The molecule has 33 heavy (non-hydrogen) atoms. The number of para-hydroxylation sites is 1. The summed E-state index contributed by atoms with van der Waals surface area (Å²) in [6.45, 7) is 0. The summed E-state index contributed by atoms with van der Waals surface area (Å²) in [4.78, 5) is 37.2. The predicted octanol–water partition coefficient (Wildman–Crippen LogP) is 3.75. The second-order valence-corrected chi connectivity index (χ2v) is 7.02. The standard InChI is InChI=1S/C25H20N4O4/c1-33-21-13-11-19(12-14-21)26-24(31)17-7-9-18(10-8-17)27-25(32)22-15-16-23(30)29(28-22)20-5-3-2-4-6-20/h2-16H,1H3,(H,26,31)(H,27,32). The number of hydrogen-bond donors (Lipinski definition) is 2. The van der Waals surface area contributed by atoms with Gasteiger partial charge in [-0.1, -0.05) is 18.2 Å². The zero-order chi connectivity index (χ0) is 23.2. The van der Waals surface area contributed by atoms with E-state index in [1.807, 2.05) is 6.07 Å². The molecule has 0 unspecified atom stereocenters. The van der Waals surface area contributed by atoms with Gasteiger partial charge in [0.25, 0.3) is 17.4 Å². The summed E-state index contributed by atoms with van der Waals surface area (Å²) in [5, 5.41) is 9.68. The maximum absolute atomic E-state index is 12.6. The molecule has 0 fully saturated rings. The van der Waals surface area contributed by atoms with Gasteiger partial charge >= 0.3 is 0 Å². The maximum atomic E-state index is 12.6. The summed E-state index contributed by atoms with van der Waals surface area (Å²) >= 11 is 0. The van der Waals surface area contributed by atoms with Crippen molar-refractivity contribution in [3.05, 3.63) is 113 Å². The van der Waals surface area contributed by atoms with Crippen molar-refractivity contribution < 1.29 is 14.3 Å². The lowest BCUT2D eigenvalue weighted by Gasteiger charge is -2.09. The molecule has 4 rings (SSSR count). The van der Waals surface area contributed by atoms with Gasteiger partial charge in [-0.05, 0) is 66.7 Å². The average molecular weight is 440 g/mol. The van der Waals surface area contributed by atoms with E-state index in [1.165, 1.54) is 16.8 Å². The van der Waals surface area contributed by atoms with Crippen molar-refractivity contribution in [1.82, 2.24) is 9.78 Å². The molecule has 0 aliphatic carbocycles. The first kappa shape index (κ1) is 21.5. The average Bonchev–Trinajstić information content (AvgIpc) is 2.85. The number of carbonyl (C=O) groups is 2. The van der Waals surface area contributed by atoms with Crippen molar-refractivity contribution in [2.75, 3.05) is 17.7 Å². The minimum absolute atomic E-state index is 0.0831. The maximum Gasteiger partial charge on any atom is 0.276 e. The Labute approximate surface area is 189 Å². The van der Waals surface area contributed by atoms with E-state index in [0.29, 0.717) is 28.4 Å². The van der Waals surface area contributed by atoms with Crippen LogP contribution in [0.15, 0.2) is 95.8 Å². The minimum Gasteiger partial charge on any atom is -0.497 e. The normalized spacial score (nSPS) is 10.3. The van der Waals surface area contributed by atoms with Crippen molar-refractivity contribution in [2.45, 2.75) is 0 Å². The molecule has 0 saturated heterocycles. The molecule has 164 valence electrons. The Hall–Kier alpha value is -4.72. The number of nitrogens with zero attached hydrogens (tertiary/aromatic N) is 2. The number of ether oxygens (including phenoxy) is 1. The molecule has 4 aromatic rings. The highest BCUT2D eigenvalue weighted by molar-refractivity contribution is 6.05. The van der Waals surface area contributed by atoms with Crippen LogP contribution < -0.4 is 20.9 Å². The van der Waals surface area contributed by atoms with Gasteiger partial charge in [-0.25, -0.2) is 0 Å². The molecule has 2 amide bonds. The number of anilines is 2. The molecule has 1 heterocycles. The van der Waals surface area contributed by atoms with Gasteiger partial charge in [-0.3, -0.25) is 14.4 Å². The molecular weight excluding hydrogens is 420 g/mol. The molecule has 0 radical (unpaired) electrons. The van der Waals surface area contributed by atoms with E-state index in [2.05, 4.69) is 15.7 Å². The summed E-state index contributed by atoms with van der Waals surface area (Å²) in [6.07, 6.45) is 0. The van der Waals surface area contributed by atoms with Crippen molar-refractivity contribution in [3.8, 4) is 11.4 Å². The predicted molar refractivity (Wildman–Crippen MR) is 125 cm³/mol. The van der Waals surface area contributed by atoms with Crippen LogP contribution in [0.3, 0.4) is 0 Å². The Morgan fingerprint density at radius 1 is 0.758 bits per heavy atom. The molecule has 0 atom stereocenters. The highest BCUT2D eigenvalue weighted by Gasteiger charge is 2.12. The molecule has 3 aromatic carbocycles. The van der Waals surface area contributed by atoms with E-state index >= 15 is 0 Å². The fraction of sp³-hybridized carbons (Fsp3) is 0.0400. The monoisotopic (exact) mass is 440 g/mol. The van der Waals surface area contributed by atoms with Gasteiger partial charge in [-0.2, -0.15) is 9.78 Å². The number of amides is 2. The van der Waals surface area contributed by atoms with Gasteiger partial charge in [0.2, 0.25) is 0 Å². The Kier molecular flexibility index (Phi) is 6.26. The number of benzene rings is 3. The van der Waals surface area contributed by atoms with Crippen LogP contribution in [-0.4, -0.2) is 28.7 Å². The lowest BCUT2D eigenvalue weighted by molar-refractivity contribution is 0.101. The lowest BCUT2D eigenvalue weighted by atomic mass is 10.2. The van der Waals surface area contributed by atoms with Crippen LogP contribution in [0.2, 0.25) is 0 Å². The van der Waals surface area contributed by atoms with Crippen LogP contribution in [0.25, 0.3) is 5.69 Å². The van der Waals surface area contributed by atoms with Crippen molar-refractivity contribution in [1.29, 1.82) is 0 Å². The van der Waals surface area contributed by atoms with Crippen LogP contribution in [0, 0.1) is 0 Å². The molecule has 8 nitrogen and oxygen atoms in total. The number of methoxy groups -OCH3 is 1. The summed E-state index contributed by atoms with van der Waals surface area (Å²) in [5.41, 5.74) is 1.85. The molecule has 1 aromatic heterocycles. The quantitative estimate of drug-likeness (QED) is 0.476. The first-order chi connectivity index (χ1) is 16.0. The first-order valence-corrected chi connectivity index (χ1v) is 10.1. The number of rotatable bonds is 6. The zero-order valence-corrected chi connectivity index (χ0v) is 17.7. The fourth-order valence-corrected chi connectivity index (χ4v) is 3.06. The molecule has 0 aliphatic heterocycles. The molecular formula is C25H20N4O4. The summed E-state index contributed by atoms with van der Waals surface area (Å²) in [7, 11) is 1.57.